The number of aromatic nitrogens is 2. The quantitative estimate of drug-likeness (QED) is 0.671. The zero-order valence-electron chi connectivity index (χ0n) is 16.4. The van der Waals surface area contributed by atoms with Gasteiger partial charge in [-0.3, -0.25) is 4.79 Å². The molecule has 0 aliphatic heterocycles. The third kappa shape index (κ3) is 3.55. The number of rotatable bonds is 7. The SMILES string of the molecule is CCC(Cn1ccnc1C(C)C)C(=O)c1ccc(OC)c2c1CCCC2. The summed E-state index contributed by atoms with van der Waals surface area (Å²) in [5, 5.41) is 0. The van der Waals surface area contributed by atoms with Crippen LogP contribution in [0.1, 0.15) is 73.3 Å². The summed E-state index contributed by atoms with van der Waals surface area (Å²) in [5.74, 6) is 2.57. The van der Waals surface area contributed by atoms with Gasteiger partial charge in [0.2, 0.25) is 0 Å². The normalized spacial score (nSPS) is 15.0. The van der Waals surface area contributed by atoms with Crippen molar-refractivity contribution < 1.29 is 9.53 Å². The van der Waals surface area contributed by atoms with Gasteiger partial charge in [-0.2, -0.15) is 0 Å². The number of ether oxygens (including phenoxy) is 1. The Labute approximate surface area is 156 Å². The van der Waals surface area contributed by atoms with E-state index in [0.29, 0.717) is 12.5 Å². The highest BCUT2D eigenvalue weighted by atomic mass is 16.5. The number of nitrogens with zero attached hydrogens (tertiary/aromatic N) is 2. The van der Waals surface area contributed by atoms with Crippen LogP contribution in [-0.4, -0.2) is 22.4 Å². The predicted octanol–water partition coefficient (Wildman–Crippen LogP) is 4.80. The maximum atomic E-state index is 13.4. The Kier molecular flexibility index (Phi) is 5.80. The summed E-state index contributed by atoms with van der Waals surface area (Å²) >= 11 is 0. The number of carbonyl (C=O) groups excluding carboxylic acids is 1. The second-order valence-corrected chi connectivity index (χ2v) is 7.54. The highest BCUT2D eigenvalue weighted by molar-refractivity contribution is 5.99. The highest BCUT2D eigenvalue weighted by Crippen LogP contribution is 2.33. The number of imidazole rings is 1. The van der Waals surface area contributed by atoms with E-state index in [2.05, 4.69) is 30.3 Å². The smallest absolute Gasteiger partial charge is 0.168 e. The third-order valence-corrected chi connectivity index (χ3v) is 5.52. The molecule has 0 radical (unpaired) electrons. The van der Waals surface area contributed by atoms with Gasteiger partial charge in [-0.1, -0.05) is 20.8 Å². The molecule has 4 nitrogen and oxygen atoms in total. The lowest BCUT2D eigenvalue weighted by Gasteiger charge is -2.24. The van der Waals surface area contributed by atoms with Crippen LogP contribution in [0.5, 0.6) is 5.75 Å². The molecule has 1 aromatic carbocycles. The van der Waals surface area contributed by atoms with Gasteiger partial charge in [0.05, 0.1) is 7.11 Å². The zero-order valence-corrected chi connectivity index (χ0v) is 16.4. The molecule has 0 N–H and O–H groups in total. The molecule has 1 aliphatic carbocycles. The molecule has 0 saturated carbocycles. The Bertz CT molecular complexity index is 776. The Hall–Kier alpha value is -2.10. The fraction of sp³-hybridized carbons (Fsp3) is 0.545. The van der Waals surface area contributed by atoms with E-state index in [9.17, 15) is 4.79 Å². The van der Waals surface area contributed by atoms with Crippen molar-refractivity contribution in [2.24, 2.45) is 5.92 Å². The van der Waals surface area contributed by atoms with Crippen LogP contribution < -0.4 is 4.74 Å². The molecule has 4 heteroatoms. The molecule has 0 amide bonds. The number of benzene rings is 1. The first-order chi connectivity index (χ1) is 12.6. The molecule has 0 bridgehead atoms. The first-order valence-corrected chi connectivity index (χ1v) is 9.80. The second-order valence-electron chi connectivity index (χ2n) is 7.54. The fourth-order valence-corrected chi connectivity index (χ4v) is 4.09. The van der Waals surface area contributed by atoms with E-state index in [1.54, 1.807) is 7.11 Å². The molecule has 2 aromatic rings. The van der Waals surface area contributed by atoms with Crippen LogP contribution in [0.3, 0.4) is 0 Å². The highest BCUT2D eigenvalue weighted by Gasteiger charge is 2.26. The average molecular weight is 354 g/mol. The van der Waals surface area contributed by atoms with Gasteiger partial charge in [0.1, 0.15) is 11.6 Å². The zero-order chi connectivity index (χ0) is 18.7. The van der Waals surface area contributed by atoms with Crippen LogP contribution in [0.25, 0.3) is 0 Å². The summed E-state index contributed by atoms with van der Waals surface area (Å²) in [6.07, 6.45) is 8.97. The number of ketones is 1. The third-order valence-electron chi connectivity index (χ3n) is 5.52. The number of fused-ring (bicyclic) bond motifs is 1. The van der Waals surface area contributed by atoms with Gasteiger partial charge in [0.15, 0.2) is 5.78 Å². The fourth-order valence-electron chi connectivity index (χ4n) is 4.09. The Morgan fingerprint density at radius 3 is 2.62 bits per heavy atom. The Morgan fingerprint density at radius 1 is 1.23 bits per heavy atom. The van der Waals surface area contributed by atoms with Crippen LogP contribution in [0, 0.1) is 5.92 Å². The second kappa shape index (κ2) is 8.07. The minimum absolute atomic E-state index is 0.0267. The number of methoxy groups -OCH3 is 1. The van der Waals surface area contributed by atoms with Crippen molar-refractivity contribution in [1.29, 1.82) is 0 Å². The largest absolute Gasteiger partial charge is 0.496 e. The van der Waals surface area contributed by atoms with Gasteiger partial charge in [0.25, 0.3) is 0 Å². The summed E-state index contributed by atoms with van der Waals surface area (Å²) in [5.41, 5.74) is 3.36. The van der Waals surface area contributed by atoms with Crippen LogP contribution in [0.15, 0.2) is 24.5 Å². The summed E-state index contributed by atoms with van der Waals surface area (Å²) in [6, 6.07) is 3.95. The van der Waals surface area contributed by atoms with Crippen LogP contribution >= 0.6 is 0 Å². The van der Waals surface area contributed by atoms with Gasteiger partial charge in [-0.05, 0) is 55.4 Å². The monoisotopic (exact) mass is 354 g/mol. The van der Waals surface area contributed by atoms with Crippen molar-refractivity contribution in [3.8, 4) is 5.75 Å². The molecule has 1 unspecified atom stereocenters. The van der Waals surface area contributed by atoms with Gasteiger partial charge in [0, 0.05) is 36.3 Å². The molecule has 140 valence electrons. The van der Waals surface area contributed by atoms with Gasteiger partial charge in [-0.25, -0.2) is 4.98 Å². The molecule has 1 heterocycles. The molecule has 0 saturated heterocycles. The van der Waals surface area contributed by atoms with Crippen molar-refractivity contribution in [2.75, 3.05) is 7.11 Å². The van der Waals surface area contributed by atoms with Gasteiger partial charge < -0.3 is 9.30 Å². The number of Topliss-reactive ketones (excluding diaryl/α,β-unsaturated/α-hetero) is 1. The van der Waals surface area contributed by atoms with Crippen LogP contribution in [-0.2, 0) is 19.4 Å². The van der Waals surface area contributed by atoms with Crippen molar-refractivity contribution in [2.45, 2.75) is 65.3 Å². The minimum Gasteiger partial charge on any atom is -0.496 e. The van der Waals surface area contributed by atoms with E-state index in [0.717, 1.165) is 42.8 Å². The Balaban J connectivity index is 1.91. The molecule has 26 heavy (non-hydrogen) atoms. The lowest BCUT2D eigenvalue weighted by molar-refractivity contribution is 0.0901. The van der Waals surface area contributed by atoms with E-state index >= 15 is 0 Å². The van der Waals surface area contributed by atoms with E-state index in [1.165, 1.54) is 17.5 Å². The van der Waals surface area contributed by atoms with Crippen LogP contribution in [0.4, 0.5) is 0 Å². The number of hydrogen-bond acceptors (Lipinski definition) is 3. The van der Waals surface area contributed by atoms with Crippen molar-refractivity contribution >= 4 is 5.78 Å². The standard InChI is InChI=1S/C22H30N2O2/c1-5-16(14-24-13-12-23-22(24)15(2)3)21(25)19-10-11-20(26-4)18-9-7-6-8-17(18)19/h10-13,15-16H,5-9,14H2,1-4H3. The van der Waals surface area contributed by atoms with Gasteiger partial charge >= 0.3 is 0 Å². The summed E-state index contributed by atoms with van der Waals surface area (Å²) in [4.78, 5) is 17.8. The predicted molar refractivity (Wildman–Crippen MR) is 104 cm³/mol. The first kappa shape index (κ1) is 18.7. The molecular formula is C22H30N2O2. The van der Waals surface area contributed by atoms with Crippen LogP contribution in [0.2, 0.25) is 0 Å². The maximum absolute atomic E-state index is 13.4. The molecule has 3 rings (SSSR count). The van der Waals surface area contributed by atoms with Crippen molar-refractivity contribution in [1.82, 2.24) is 9.55 Å². The van der Waals surface area contributed by atoms with E-state index < -0.39 is 0 Å². The van der Waals surface area contributed by atoms with E-state index in [1.807, 2.05) is 24.5 Å². The van der Waals surface area contributed by atoms with Crippen molar-refractivity contribution in [3.63, 3.8) is 0 Å². The average Bonchev–Trinajstić information content (AvgIpc) is 3.13. The molecule has 0 spiro atoms. The molecule has 1 atom stereocenters. The molecule has 1 aliphatic rings. The summed E-state index contributed by atoms with van der Waals surface area (Å²) < 4.78 is 7.68. The van der Waals surface area contributed by atoms with Crippen molar-refractivity contribution in [3.05, 3.63) is 47.0 Å². The lowest BCUT2D eigenvalue weighted by Crippen LogP contribution is -2.23. The number of hydrogen-bond donors (Lipinski definition) is 0. The first-order valence-electron chi connectivity index (χ1n) is 9.80. The van der Waals surface area contributed by atoms with E-state index in [-0.39, 0.29) is 11.7 Å². The topological polar surface area (TPSA) is 44.1 Å². The minimum atomic E-state index is -0.0267. The molecule has 1 aromatic heterocycles. The molecule has 0 fully saturated rings. The summed E-state index contributed by atoms with van der Waals surface area (Å²) in [6.45, 7) is 7.08. The summed E-state index contributed by atoms with van der Waals surface area (Å²) in [7, 11) is 1.72. The Morgan fingerprint density at radius 2 is 1.96 bits per heavy atom. The maximum Gasteiger partial charge on any atom is 0.168 e. The lowest BCUT2D eigenvalue weighted by atomic mass is 9.83. The molecular weight excluding hydrogens is 324 g/mol. The van der Waals surface area contributed by atoms with E-state index in [4.69, 9.17) is 4.74 Å². The number of carbonyl (C=O) groups is 1. The van der Waals surface area contributed by atoms with Gasteiger partial charge in [-0.15, -0.1) is 0 Å².